The van der Waals surface area contributed by atoms with Crippen LogP contribution in [0, 0.1) is 5.41 Å². The Balaban J connectivity index is 1.50. The van der Waals surface area contributed by atoms with Gasteiger partial charge in [-0.2, -0.15) is 9.36 Å². The lowest BCUT2D eigenvalue weighted by atomic mass is 10.1. The molecule has 1 saturated carbocycles. The molecule has 1 N–H and O–H groups in total. The van der Waals surface area contributed by atoms with Crippen LogP contribution in [0.3, 0.4) is 0 Å². The quantitative estimate of drug-likeness (QED) is 0.852. The minimum Gasteiger partial charge on any atom is -0.493 e. The van der Waals surface area contributed by atoms with E-state index in [1.54, 1.807) is 0 Å². The molecule has 0 aliphatic heterocycles. The summed E-state index contributed by atoms with van der Waals surface area (Å²) in [5.41, 5.74) is 0.250. The van der Waals surface area contributed by atoms with Gasteiger partial charge in [0.1, 0.15) is 5.75 Å². The third-order valence-electron chi connectivity index (χ3n) is 3.68. The van der Waals surface area contributed by atoms with Gasteiger partial charge < -0.3 is 15.0 Å². The van der Waals surface area contributed by atoms with E-state index < -0.39 is 0 Å². The summed E-state index contributed by atoms with van der Waals surface area (Å²) < 4.78 is 10.2. The number of aromatic nitrogens is 2. The molecular formula is C15H20N4OS. The monoisotopic (exact) mass is 304 g/mol. The molecular weight excluding hydrogens is 284 g/mol. The molecule has 1 fully saturated rings. The van der Waals surface area contributed by atoms with Crippen LogP contribution in [-0.2, 0) is 0 Å². The summed E-state index contributed by atoms with van der Waals surface area (Å²) in [5, 5.41) is 4.28. The molecule has 5 nitrogen and oxygen atoms in total. The molecule has 0 radical (unpaired) electrons. The lowest BCUT2D eigenvalue weighted by molar-refractivity contribution is 0.242. The fourth-order valence-electron chi connectivity index (χ4n) is 2.03. The van der Waals surface area contributed by atoms with E-state index >= 15 is 0 Å². The number of para-hydroxylation sites is 1. The smallest absolute Gasteiger partial charge is 0.238 e. The van der Waals surface area contributed by atoms with E-state index in [1.165, 1.54) is 24.4 Å². The van der Waals surface area contributed by atoms with Crippen LogP contribution >= 0.6 is 11.5 Å². The van der Waals surface area contributed by atoms with Gasteiger partial charge in [0, 0.05) is 37.6 Å². The normalized spacial score (nSPS) is 15.5. The molecule has 2 aromatic rings. The fraction of sp³-hybridized carbons (Fsp3) is 0.467. The van der Waals surface area contributed by atoms with Crippen molar-refractivity contribution in [1.82, 2.24) is 9.36 Å². The first-order chi connectivity index (χ1) is 10.2. The van der Waals surface area contributed by atoms with Crippen LogP contribution in [-0.4, -0.2) is 36.6 Å². The van der Waals surface area contributed by atoms with Crippen molar-refractivity contribution in [2.45, 2.75) is 12.8 Å². The Kier molecular flexibility index (Phi) is 3.96. The van der Waals surface area contributed by atoms with Gasteiger partial charge in [-0.05, 0) is 25.0 Å². The predicted octanol–water partition coefficient (Wildman–Crippen LogP) is 2.88. The summed E-state index contributed by atoms with van der Waals surface area (Å²) >= 11 is 1.41. The summed E-state index contributed by atoms with van der Waals surface area (Å²) in [5.74, 6) is 1.70. The molecule has 0 saturated heterocycles. The van der Waals surface area contributed by atoms with E-state index in [1.807, 2.05) is 49.3 Å². The van der Waals surface area contributed by atoms with Crippen molar-refractivity contribution in [1.29, 1.82) is 0 Å². The molecule has 0 bridgehead atoms. The second kappa shape index (κ2) is 5.89. The molecule has 1 aliphatic carbocycles. The Hall–Kier alpha value is -1.82. The summed E-state index contributed by atoms with van der Waals surface area (Å²) in [4.78, 5) is 6.35. The van der Waals surface area contributed by atoms with Gasteiger partial charge in [-0.15, -0.1) is 0 Å². The Morgan fingerprint density at radius 3 is 2.67 bits per heavy atom. The molecule has 6 heteroatoms. The first-order valence-electron chi connectivity index (χ1n) is 7.10. The molecule has 112 valence electrons. The van der Waals surface area contributed by atoms with Gasteiger partial charge in [-0.1, -0.05) is 18.2 Å². The highest BCUT2D eigenvalue weighted by Crippen LogP contribution is 2.46. The second-order valence-corrected chi connectivity index (χ2v) is 6.50. The van der Waals surface area contributed by atoms with Crippen LogP contribution < -0.4 is 15.0 Å². The van der Waals surface area contributed by atoms with Crippen LogP contribution in [0.2, 0.25) is 0 Å². The first-order valence-corrected chi connectivity index (χ1v) is 7.87. The number of nitrogens with zero attached hydrogens (tertiary/aromatic N) is 3. The Bertz CT molecular complexity index is 580. The fourth-order valence-corrected chi connectivity index (χ4v) is 2.67. The Morgan fingerprint density at radius 2 is 2.05 bits per heavy atom. The molecule has 1 aliphatic rings. The van der Waals surface area contributed by atoms with Crippen molar-refractivity contribution in [3.8, 4) is 5.75 Å². The van der Waals surface area contributed by atoms with Crippen molar-refractivity contribution < 1.29 is 4.74 Å². The number of hydrogen-bond donors (Lipinski definition) is 1. The summed E-state index contributed by atoms with van der Waals surface area (Å²) in [6, 6.07) is 9.99. The van der Waals surface area contributed by atoms with Gasteiger partial charge in [0.25, 0.3) is 0 Å². The SMILES string of the molecule is CN(C)c1nsc(NCC2(COc3ccccc3)CC2)n1. The minimum absolute atomic E-state index is 0.250. The van der Waals surface area contributed by atoms with Gasteiger partial charge >= 0.3 is 0 Å². The van der Waals surface area contributed by atoms with E-state index in [0.717, 1.165) is 30.0 Å². The summed E-state index contributed by atoms with van der Waals surface area (Å²) in [6.07, 6.45) is 2.40. The molecule has 21 heavy (non-hydrogen) atoms. The van der Waals surface area contributed by atoms with Crippen molar-refractivity contribution in [3.63, 3.8) is 0 Å². The van der Waals surface area contributed by atoms with Crippen molar-refractivity contribution >= 4 is 22.6 Å². The summed E-state index contributed by atoms with van der Waals surface area (Å²) in [7, 11) is 3.89. The molecule has 1 heterocycles. The average Bonchev–Trinajstić information content (AvgIpc) is 3.11. The van der Waals surface area contributed by atoms with Crippen LogP contribution in [0.5, 0.6) is 5.75 Å². The number of benzene rings is 1. The Labute approximate surface area is 129 Å². The largest absolute Gasteiger partial charge is 0.493 e. The van der Waals surface area contributed by atoms with Gasteiger partial charge in [0.2, 0.25) is 11.1 Å². The maximum absolute atomic E-state index is 5.88. The number of nitrogens with one attached hydrogen (secondary N) is 1. The number of ether oxygens (including phenoxy) is 1. The van der Waals surface area contributed by atoms with Crippen molar-refractivity contribution in [2.24, 2.45) is 5.41 Å². The lowest BCUT2D eigenvalue weighted by Crippen LogP contribution is -2.22. The zero-order chi connectivity index (χ0) is 14.7. The van der Waals surface area contributed by atoms with E-state index in [0.29, 0.717) is 0 Å². The van der Waals surface area contributed by atoms with E-state index in [-0.39, 0.29) is 5.41 Å². The average molecular weight is 304 g/mol. The maximum Gasteiger partial charge on any atom is 0.238 e. The van der Waals surface area contributed by atoms with Crippen LogP contribution in [0.15, 0.2) is 30.3 Å². The highest BCUT2D eigenvalue weighted by Gasteiger charge is 2.43. The maximum atomic E-state index is 5.88. The molecule has 0 spiro atoms. The predicted molar refractivity (Wildman–Crippen MR) is 86.3 cm³/mol. The zero-order valence-corrected chi connectivity index (χ0v) is 13.2. The number of hydrogen-bond acceptors (Lipinski definition) is 6. The van der Waals surface area contributed by atoms with Crippen LogP contribution in [0.1, 0.15) is 12.8 Å². The number of anilines is 2. The molecule has 0 unspecified atom stereocenters. The van der Waals surface area contributed by atoms with Gasteiger partial charge in [-0.25, -0.2) is 0 Å². The lowest BCUT2D eigenvalue weighted by Gasteiger charge is -2.16. The third kappa shape index (κ3) is 3.64. The van der Waals surface area contributed by atoms with Gasteiger partial charge in [-0.3, -0.25) is 0 Å². The highest BCUT2D eigenvalue weighted by molar-refractivity contribution is 7.09. The van der Waals surface area contributed by atoms with Gasteiger partial charge in [0.05, 0.1) is 6.61 Å². The number of rotatable bonds is 7. The first kappa shape index (κ1) is 14.1. The van der Waals surface area contributed by atoms with E-state index in [9.17, 15) is 0 Å². The van der Waals surface area contributed by atoms with Crippen LogP contribution in [0.25, 0.3) is 0 Å². The highest BCUT2D eigenvalue weighted by atomic mass is 32.1. The molecule has 1 aromatic carbocycles. The van der Waals surface area contributed by atoms with Crippen LogP contribution in [0.4, 0.5) is 11.1 Å². The molecule has 1 aromatic heterocycles. The van der Waals surface area contributed by atoms with E-state index in [2.05, 4.69) is 14.7 Å². The molecule has 0 atom stereocenters. The molecule has 3 rings (SSSR count). The van der Waals surface area contributed by atoms with Crippen molar-refractivity contribution in [3.05, 3.63) is 30.3 Å². The van der Waals surface area contributed by atoms with E-state index in [4.69, 9.17) is 4.74 Å². The third-order valence-corrected chi connectivity index (χ3v) is 4.34. The topological polar surface area (TPSA) is 50.3 Å². The standard InChI is InChI=1S/C15H20N4OS/c1-19(2)13-17-14(21-18-13)16-10-15(8-9-15)11-20-12-6-4-3-5-7-12/h3-7H,8-11H2,1-2H3,(H,16,17,18). The zero-order valence-electron chi connectivity index (χ0n) is 12.4. The van der Waals surface area contributed by atoms with Crippen molar-refractivity contribution in [2.75, 3.05) is 37.5 Å². The minimum atomic E-state index is 0.250. The summed E-state index contributed by atoms with van der Waals surface area (Å²) in [6.45, 7) is 1.64. The second-order valence-electron chi connectivity index (χ2n) is 5.75. The molecule has 0 amide bonds. The van der Waals surface area contributed by atoms with Gasteiger partial charge in [0.15, 0.2) is 0 Å². The Morgan fingerprint density at radius 1 is 1.29 bits per heavy atom.